The van der Waals surface area contributed by atoms with E-state index in [-0.39, 0.29) is 11.0 Å². The molecule has 2 heterocycles. The molecule has 0 amide bonds. The van der Waals surface area contributed by atoms with Crippen LogP contribution in [0.4, 0.5) is 0 Å². The molecule has 0 aromatic carbocycles. The van der Waals surface area contributed by atoms with Gasteiger partial charge >= 0.3 is 0 Å². The van der Waals surface area contributed by atoms with Crippen LogP contribution >= 0.6 is 35.1 Å². The molecule has 1 saturated heterocycles. The summed E-state index contributed by atoms with van der Waals surface area (Å²) in [6, 6.07) is 0. The lowest BCUT2D eigenvalue weighted by atomic mass is 10.1. The van der Waals surface area contributed by atoms with E-state index in [1.165, 1.54) is 0 Å². The summed E-state index contributed by atoms with van der Waals surface area (Å²) in [6.07, 6.45) is 0.384. The molecule has 106 valence electrons. The lowest BCUT2D eigenvalue weighted by Gasteiger charge is -2.30. The number of halogens is 1. The molecule has 1 aromatic rings. The molecule has 1 aliphatic heterocycles. The smallest absolute Gasteiger partial charge is 0.152 e. The molecule has 1 aliphatic rings. The first kappa shape index (κ1) is 15.3. The zero-order valence-electron chi connectivity index (χ0n) is 11.6. The number of aryl methyl sites for hydroxylation is 2. The molecule has 19 heavy (non-hydrogen) atoms. The normalized spacial score (nSPS) is 27.5. The van der Waals surface area contributed by atoms with E-state index in [2.05, 4.69) is 18.9 Å². The van der Waals surface area contributed by atoms with E-state index in [0.717, 1.165) is 17.1 Å². The van der Waals surface area contributed by atoms with Crippen molar-refractivity contribution >= 4 is 40.9 Å². The second-order valence-corrected chi connectivity index (χ2v) is 8.35. The Bertz CT molecular complexity index is 489. The van der Waals surface area contributed by atoms with Gasteiger partial charge in [0.05, 0.1) is 28.1 Å². The van der Waals surface area contributed by atoms with Crippen LogP contribution in [0.5, 0.6) is 0 Å². The first-order valence-corrected chi connectivity index (χ1v) is 8.74. The molecule has 3 nitrogen and oxygen atoms in total. The second kappa shape index (κ2) is 6.10. The summed E-state index contributed by atoms with van der Waals surface area (Å²) in [7, 11) is 1.84. The van der Waals surface area contributed by atoms with Crippen LogP contribution in [0, 0.1) is 6.92 Å². The Morgan fingerprint density at radius 1 is 1.47 bits per heavy atom. The number of ketones is 1. The molecule has 1 aromatic heterocycles. The number of hydrogen-bond donors (Lipinski definition) is 0. The van der Waals surface area contributed by atoms with Crippen LogP contribution in [0.1, 0.15) is 25.2 Å². The summed E-state index contributed by atoms with van der Waals surface area (Å²) < 4.78 is 1.72. The maximum Gasteiger partial charge on any atom is 0.152 e. The number of aromatic nitrogens is 2. The van der Waals surface area contributed by atoms with Crippen molar-refractivity contribution in [2.45, 2.75) is 42.9 Å². The van der Waals surface area contributed by atoms with Gasteiger partial charge in [0.1, 0.15) is 0 Å². The van der Waals surface area contributed by atoms with E-state index in [1.807, 2.05) is 25.7 Å². The minimum atomic E-state index is 0.0856. The number of nitrogens with zero attached hydrogens (tertiary/aromatic N) is 2. The molecule has 6 heteroatoms. The van der Waals surface area contributed by atoms with Crippen molar-refractivity contribution in [2.75, 3.05) is 5.75 Å². The van der Waals surface area contributed by atoms with Gasteiger partial charge in [0, 0.05) is 23.3 Å². The van der Waals surface area contributed by atoms with E-state index < -0.39 is 0 Å². The monoisotopic (exact) mass is 318 g/mol. The Kier molecular flexibility index (Phi) is 4.90. The highest BCUT2D eigenvalue weighted by molar-refractivity contribution is 8.08. The van der Waals surface area contributed by atoms with Crippen molar-refractivity contribution < 1.29 is 4.79 Å². The fourth-order valence-electron chi connectivity index (χ4n) is 2.10. The highest BCUT2D eigenvalue weighted by atomic mass is 35.5. The summed E-state index contributed by atoms with van der Waals surface area (Å²) in [5, 5.41) is 6.12. The van der Waals surface area contributed by atoms with Crippen LogP contribution in [0.3, 0.4) is 0 Å². The zero-order chi connectivity index (χ0) is 14.2. The van der Waals surface area contributed by atoms with Crippen molar-refractivity contribution in [3.05, 3.63) is 16.4 Å². The first-order valence-electron chi connectivity index (χ1n) is 6.38. The van der Waals surface area contributed by atoms with Crippen LogP contribution < -0.4 is 0 Å². The van der Waals surface area contributed by atoms with E-state index in [1.54, 1.807) is 16.4 Å². The number of thioether (sulfide) groups is 2. The maximum atomic E-state index is 12.4. The summed E-state index contributed by atoms with van der Waals surface area (Å²) in [4.78, 5) is 12.4. The third-order valence-electron chi connectivity index (χ3n) is 3.51. The van der Waals surface area contributed by atoms with Crippen LogP contribution in [0.2, 0.25) is 5.02 Å². The van der Waals surface area contributed by atoms with Gasteiger partial charge in [0.2, 0.25) is 0 Å². The summed E-state index contributed by atoms with van der Waals surface area (Å²) in [5.41, 5.74) is 1.63. The molecule has 3 atom stereocenters. The number of hydrogen-bond acceptors (Lipinski definition) is 4. The van der Waals surface area contributed by atoms with Crippen molar-refractivity contribution in [1.29, 1.82) is 0 Å². The van der Waals surface area contributed by atoms with Crippen LogP contribution in [0.15, 0.2) is 0 Å². The van der Waals surface area contributed by atoms with E-state index >= 15 is 0 Å². The molecule has 1 fully saturated rings. The lowest BCUT2D eigenvalue weighted by Crippen LogP contribution is -2.32. The molecule has 0 aliphatic carbocycles. The zero-order valence-corrected chi connectivity index (χ0v) is 14.0. The van der Waals surface area contributed by atoms with Crippen molar-refractivity contribution in [1.82, 2.24) is 9.78 Å². The average Bonchev–Trinajstić information content (AvgIpc) is 2.59. The molecule has 3 unspecified atom stereocenters. The Hall–Kier alpha value is -0.130. The molecule has 0 spiro atoms. The molecular weight excluding hydrogens is 300 g/mol. The Morgan fingerprint density at radius 3 is 2.68 bits per heavy atom. The van der Waals surface area contributed by atoms with Gasteiger partial charge in [-0.05, 0) is 6.92 Å². The SMILES string of the molecule is Cc1nn(C)c(CC(=O)C2CSC(C)C(C)S2)c1Cl. The van der Waals surface area contributed by atoms with Gasteiger partial charge in [0.25, 0.3) is 0 Å². The van der Waals surface area contributed by atoms with Gasteiger partial charge in [-0.2, -0.15) is 16.9 Å². The van der Waals surface area contributed by atoms with Gasteiger partial charge in [-0.1, -0.05) is 25.4 Å². The Morgan fingerprint density at radius 2 is 2.16 bits per heavy atom. The number of Topliss-reactive ketones (excluding diaryl/α,β-unsaturated/α-hetero) is 1. The minimum Gasteiger partial charge on any atom is -0.298 e. The van der Waals surface area contributed by atoms with Crippen molar-refractivity contribution in [3.63, 3.8) is 0 Å². The molecule has 2 rings (SSSR count). The topological polar surface area (TPSA) is 34.9 Å². The second-order valence-electron chi connectivity index (χ2n) is 4.98. The Balaban J connectivity index is 2.05. The highest BCUT2D eigenvalue weighted by Gasteiger charge is 2.31. The number of rotatable bonds is 3. The van der Waals surface area contributed by atoms with Crippen LogP contribution in [0.25, 0.3) is 0 Å². The predicted molar refractivity (Wildman–Crippen MR) is 84.4 cm³/mol. The third kappa shape index (κ3) is 3.31. The van der Waals surface area contributed by atoms with Crippen molar-refractivity contribution in [2.24, 2.45) is 7.05 Å². The largest absolute Gasteiger partial charge is 0.298 e. The van der Waals surface area contributed by atoms with Crippen LogP contribution in [-0.2, 0) is 18.3 Å². The fraction of sp³-hybridized carbons (Fsp3) is 0.692. The fourth-order valence-corrected chi connectivity index (χ4v) is 5.22. The molecule has 0 radical (unpaired) electrons. The van der Waals surface area contributed by atoms with E-state index in [9.17, 15) is 4.79 Å². The average molecular weight is 319 g/mol. The van der Waals surface area contributed by atoms with Gasteiger partial charge in [-0.3, -0.25) is 9.48 Å². The summed E-state index contributed by atoms with van der Waals surface area (Å²) in [6.45, 7) is 6.29. The van der Waals surface area contributed by atoms with Crippen molar-refractivity contribution in [3.8, 4) is 0 Å². The predicted octanol–water partition coefficient (Wildman–Crippen LogP) is 3.12. The highest BCUT2D eigenvalue weighted by Crippen LogP contribution is 2.36. The first-order chi connectivity index (χ1) is 8.90. The minimum absolute atomic E-state index is 0.0856. The Labute approximate surface area is 127 Å². The number of carbonyl (C=O) groups is 1. The van der Waals surface area contributed by atoms with E-state index in [0.29, 0.717) is 21.9 Å². The molecule has 0 N–H and O–H groups in total. The number of carbonyl (C=O) groups excluding carboxylic acids is 1. The third-order valence-corrected chi connectivity index (χ3v) is 7.44. The lowest BCUT2D eigenvalue weighted by molar-refractivity contribution is -0.117. The van der Waals surface area contributed by atoms with Gasteiger partial charge < -0.3 is 0 Å². The molecular formula is C13H19ClN2OS2. The van der Waals surface area contributed by atoms with Gasteiger partial charge in [-0.15, -0.1) is 11.8 Å². The quantitative estimate of drug-likeness (QED) is 0.857. The van der Waals surface area contributed by atoms with Gasteiger partial charge in [0.15, 0.2) is 5.78 Å². The maximum absolute atomic E-state index is 12.4. The van der Waals surface area contributed by atoms with E-state index in [4.69, 9.17) is 11.6 Å². The van der Waals surface area contributed by atoms with Gasteiger partial charge in [-0.25, -0.2) is 0 Å². The summed E-state index contributed by atoms with van der Waals surface area (Å²) >= 11 is 9.89. The molecule has 0 bridgehead atoms. The van der Waals surface area contributed by atoms with Crippen LogP contribution in [-0.4, -0.2) is 37.1 Å². The summed E-state index contributed by atoms with van der Waals surface area (Å²) in [5.74, 6) is 1.17. The standard InChI is InChI=1S/C13H19ClN2OS2/c1-7-13(14)10(16(4)15-7)5-11(17)12-6-18-8(2)9(3)19-12/h8-9,12H,5-6H2,1-4H3. The molecule has 0 saturated carbocycles.